The van der Waals surface area contributed by atoms with Crippen molar-refractivity contribution in [3.8, 4) is 0 Å². The molecule has 86 valence electrons. The Hall–Kier alpha value is -1.38. The van der Waals surface area contributed by atoms with Crippen molar-refractivity contribution in [1.29, 1.82) is 0 Å². The van der Waals surface area contributed by atoms with Gasteiger partial charge in [-0.3, -0.25) is 4.79 Å². The Morgan fingerprint density at radius 1 is 1.44 bits per heavy atom. The average Bonchev–Trinajstić information content (AvgIpc) is 2.99. The number of anilines is 1. The van der Waals surface area contributed by atoms with Gasteiger partial charge in [-0.25, -0.2) is 4.98 Å². The SMILES string of the molecule is CC(C)(C)c1cccnc1NC(=O)C1CC1. The van der Waals surface area contributed by atoms with Gasteiger partial charge in [-0.1, -0.05) is 26.8 Å². The van der Waals surface area contributed by atoms with E-state index in [1.54, 1.807) is 6.20 Å². The highest BCUT2D eigenvalue weighted by Crippen LogP contribution is 2.32. The standard InChI is InChI=1S/C13H18N2O/c1-13(2,3)10-5-4-8-14-11(10)15-12(16)9-6-7-9/h4-5,8-9H,6-7H2,1-3H3,(H,14,15,16). The van der Waals surface area contributed by atoms with Crippen molar-refractivity contribution >= 4 is 11.7 Å². The maximum Gasteiger partial charge on any atom is 0.228 e. The summed E-state index contributed by atoms with van der Waals surface area (Å²) in [6, 6.07) is 3.93. The monoisotopic (exact) mass is 218 g/mol. The Kier molecular flexibility index (Phi) is 2.70. The molecule has 1 aromatic rings. The van der Waals surface area contributed by atoms with E-state index < -0.39 is 0 Å². The molecule has 1 aliphatic carbocycles. The fourth-order valence-corrected chi connectivity index (χ4v) is 1.67. The van der Waals surface area contributed by atoms with E-state index in [4.69, 9.17) is 0 Å². The number of hydrogen-bond donors (Lipinski definition) is 1. The van der Waals surface area contributed by atoms with Crippen LogP contribution in [0, 0.1) is 5.92 Å². The van der Waals surface area contributed by atoms with Gasteiger partial charge in [0.2, 0.25) is 5.91 Å². The average molecular weight is 218 g/mol. The number of rotatable bonds is 2. The van der Waals surface area contributed by atoms with Crippen LogP contribution in [0.3, 0.4) is 0 Å². The molecule has 1 aromatic heterocycles. The van der Waals surface area contributed by atoms with Gasteiger partial charge in [-0.05, 0) is 24.3 Å². The number of hydrogen-bond acceptors (Lipinski definition) is 2. The normalized spacial score (nSPS) is 15.9. The molecule has 0 bridgehead atoms. The van der Waals surface area contributed by atoms with Crippen molar-refractivity contribution in [2.24, 2.45) is 5.92 Å². The van der Waals surface area contributed by atoms with Gasteiger partial charge in [-0.2, -0.15) is 0 Å². The molecule has 0 aromatic carbocycles. The van der Waals surface area contributed by atoms with Crippen LogP contribution < -0.4 is 5.32 Å². The Bertz CT molecular complexity index is 403. The lowest BCUT2D eigenvalue weighted by Gasteiger charge is -2.21. The minimum Gasteiger partial charge on any atom is -0.310 e. The summed E-state index contributed by atoms with van der Waals surface area (Å²) in [5, 5.41) is 2.93. The number of nitrogens with zero attached hydrogens (tertiary/aromatic N) is 1. The topological polar surface area (TPSA) is 42.0 Å². The minimum absolute atomic E-state index is 0.000421. The molecule has 0 aliphatic heterocycles. The molecule has 1 fully saturated rings. The molecule has 0 unspecified atom stereocenters. The minimum atomic E-state index is 0.000421. The van der Waals surface area contributed by atoms with E-state index in [1.807, 2.05) is 12.1 Å². The van der Waals surface area contributed by atoms with Gasteiger partial charge in [0.15, 0.2) is 0 Å². The Morgan fingerprint density at radius 2 is 2.12 bits per heavy atom. The van der Waals surface area contributed by atoms with Crippen LogP contribution in [0.1, 0.15) is 39.2 Å². The number of carbonyl (C=O) groups is 1. The quantitative estimate of drug-likeness (QED) is 0.829. The van der Waals surface area contributed by atoms with Gasteiger partial charge in [-0.15, -0.1) is 0 Å². The molecular weight excluding hydrogens is 200 g/mol. The largest absolute Gasteiger partial charge is 0.310 e. The van der Waals surface area contributed by atoms with Crippen LogP contribution in [0.15, 0.2) is 18.3 Å². The maximum absolute atomic E-state index is 11.7. The van der Waals surface area contributed by atoms with Crippen LogP contribution in [-0.2, 0) is 10.2 Å². The van der Waals surface area contributed by atoms with Crippen molar-refractivity contribution < 1.29 is 4.79 Å². The lowest BCUT2D eigenvalue weighted by Crippen LogP contribution is -2.20. The molecule has 3 nitrogen and oxygen atoms in total. The highest BCUT2D eigenvalue weighted by Gasteiger charge is 2.31. The van der Waals surface area contributed by atoms with Gasteiger partial charge in [0.1, 0.15) is 5.82 Å². The van der Waals surface area contributed by atoms with Crippen molar-refractivity contribution in [1.82, 2.24) is 4.98 Å². The van der Waals surface area contributed by atoms with Crippen LogP contribution in [0.25, 0.3) is 0 Å². The van der Waals surface area contributed by atoms with Crippen molar-refractivity contribution in [2.45, 2.75) is 39.0 Å². The van der Waals surface area contributed by atoms with Gasteiger partial charge >= 0.3 is 0 Å². The molecule has 1 aliphatic rings. The van der Waals surface area contributed by atoms with Crippen LogP contribution in [0.5, 0.6) is 0 Å². The summed E-state index contributed by atoms with van der Waals surface area (Å²) in [5.41, 5.74) is 1.09. The van der Waals surface area contributed by atoms with E-state index in [0.29, 0.717) is 5.82 Å². The molecule has 1 saturated carbocycles. The highest BCUT2D eigenvalue weighted by atomic mass is 16.2. The zero-order valence-corrected chi connectivity index (χ0v) is 10.1. The first kappa shape index (κ1) is 11.1. The van der Waals surface area contributed by atoms with Crippen molar-refractivity contribution in [3.63, 3.8) is 0 Å². The molecule has 0 radical (unpaired) electrons. The summed E-state index contributed by atoms with van der Waals surface area (Å²) < 4.78 is 0. The Labute approximate surface area is 96.3 Å². The van der Waals surface area contributed by atoms with Crippen molar-refractivity contribution in [2.75, 3.05) is 5.32 Å². The first-order valence-corrected chi connectivity index (χ1v) is 5.75. The summed E-state index contributed by atoms with van der Waals surface area (Å²) in [5.74, 6) is 1.05. The predicted molar refractivity (Wildman–Crippen MR) is 64.3 cm³/mol. The van der Waals surface area contributed by atoms with Crippen LogP contribution in [-0.4, -0.2) is 10.9 Å². The number of pyridine rings is 1. The fraction of sp³-hybridized carbons (Fsp3) is 0.538. The Balaban J connectivity index is 2.22. The molecule has 0 atom stereocenters. The number of amides is 1. The van der Waals surface area contributed by atoms with E-state index in [0.717, 1.165) is 18.4 Å². The molecule has 16 heavy (non-hydrogen) atoms. The first-order valence-electron chi connectivity index (χ1n) is 5.75. The lowest BCUT2D eigenvalue weighted by atomic mass is 9.87. The number of aromatic nitrogens is 1. The Morgan fingerprint density at radius 3 is 2.69 bits per heavy atom. The molecule has 1 N–H and O–H groups in total. The predicted octanol–water partition coefficient (Wildman–Crippen LogP) is 2.73. The van der Waals surface area contributed by atoms with E-state index in [1.165, 1.54) is 0 Å². The van der Waals surface area contributed by atoms with Crippen molar-refractivity contribution in [3.05, 3.63) is 23.9 Å². The van der Waals surface area contributed by atoms with E-state index in [9.17, 15) is 4.79 Å². The van der Waals surface area contributed by atoms with Gasteiger partial charge < -0.3 is 5.32 Å². The first-order chi connectivity index (χ1) is 7.48. The molecule has 3 heteroatoms. The molecule has 2 rings (SSSR count). The van der Waals surface area contributed by atoms with E-state index in [-0.39, 0.29) is 17.2 Å². The third kappa shape index (κ3) is 2.40. The second-order valence-corrected chi connectivity index (χ2v) is 5.41. The fourth-order valence-electron chi connectivity index (χ4n) is 1.67. The van der Waals surface area contributed by atoms with Crippen LogP contribution in [0.2, 0.25) is 0 Å². The molecule has 0 spiro atoms. The van der Waals surface area contributed by atoms with Crippen LogP contribution in [0.4, 0.5) is 5.82 Å². The smallest absolute Gasteiger partial charge is 0.228 e. The molecule has 1 amide bonds. The van der Waals surface area contributed by atoms with Gasteiger partial charge in [0, 0.05) is 17.7 Å². The number of carbonyl (C=O) groups excluding carboxylic acids is 1. The third-order valence-corrected chi connectivity index (χ3v) is 2.81. The summed E-state index contributed by atoms with van der Waals surface area (Å²) in [6.45, 7) is 6.37. The third-order valence-electron chi connectivity index (χ3n) is 2.81. The zero-order chi connectivity index (χ0) is 11.8. The summed E-state index contributed by atoms with van der Waals surface area (Å²) in [4.78, 5) is 16.0. The van der Waals surface area contributed by atoms with E-state index >= 15 is 0 Å². The number of nitrogens with one attached hydrogen (secondary N) is 1. The van der Waals surface area contributed by atoms with E-state index in [2.05, 4.69) is 31.1 Å². The maximum atomic E-state index is 11.7. The lowest BCUT2D eigenvalue weighted by molar-refractivity contribution is -0.117. The zero-order valence-electron chi connectivity index (χ0n) is 10.1. The van der Waals surface area contributed by atoms with Crippen LogP contribution >= 0.6 is 0 Å². The summed E-state index contributed by atoms with van der Waals surface area (Å²) >= 11 is 0. The molecule has 0 saturated heterocycles. The van der Waals surface area contributed by atoms with Gasteiger partial charge in [0.25, 0.3) is 0 Å². The highest BCUT2D eigenvalue weighted by molar-refractivity contribution is 5.93. The van der Waals surface area contributed by atoms with Gasteiger partial charge in [0.05, 0.1) is 0 Å². The summed E-state index contributed by atoms with van der Waals surface area (Å²) in [6.07, 6.45) is 3.75. The second kappa shape index (κ2) is 3.89. The molecule has 1 heterocycles. The second-order valence-electron chi connectivity index (χ2n) is 5.41. The summed E-state index contributed by atoms with van der Waals surface area (Å²) in [7, 11) is 0. The molecular formula is C13H18N2O.